The molecule has 1 amide bonds. The first kappa shape index (κ1) is 19.2. The molecule has 0 aromatic heterocycles. The van der Waals surface area contributed by atoms with E-state index in [0.717, 1.165) is 11.3 Å². The van der Waals surface area contributed by atoms with Crippen molar-refractivity contribution in [3.63, 3.8) is 0 Å². The van der Waals surface area contributed by atoms with Crippen molar-refractivity contribution in [1.29, 1.82) is 0 Å². The van der Waals surface area contributed by atoms with Gasteiger partial charge in [-0.25, -0.2) is 0 Å². The molecule has 7 heteroatoms. The van der Waals surface area contributed by atoms with Gasteiger partial charge in [-0.2, -0.15) is 0 Å². The van der Waals surface area contributed by atoms with E-state index < -0.39 is 4.92 Å². The van der Waals surface area contributed by atoms with Crippen LogP contribution in [0.5, 0.6) is 5.75 Å². The Bertz CT molecular complexity index is 805. The number of benzene rings is 2. The van der Waals surface area contributed by atoms with Crippen LogP contribution in [-0.4, -0.2) is 50.0 Å². The second-order valence-corrected chi connectivity index (χ2v) is 6.19. The number of carbonyl (C=O) groups is 1. The summed E-state index contributed by atoms with van der Waals surface area (Å²) in [5.41, 5.74) is 1.84. The number of non-ortho nitro benzene ring substituents is 1. The number of carbonyl (C=O) groups excluding carboxylic acids is 1. The first-order valence-corrected chi connectivity index (χ1v) is 8.21. The predicted octanol–water partition coefficient (Wildman–Crippen LogP) is 3.12. The molecule has 2 aromatic rings. The van der Waals surface area contributed by atoms with Crippen molar-refractivity contribution in [3.05, 3.63) is 63.7 Å². The lowest BCUT2D eigenvalue weighted by atomic mass is 10.1. The van der Waals surface area contributed by atoms with Crippen LogP contribution in [0.3, 0.4) is 0 Å². The molecule has 0 saturated carbocycles. The lowest BCUT2D eigenvalue weighted by Gasteiger charge is -2.22. The molecule has 0 unspecified atom stereocenters. The number of anilines is 1. The highest BCUT2D eigenvalue weighted by atomic mass is 16.6. The Morgan fingerprint density at radius 1 is 1.15 bits per heavy atom. The number of para-hydroxylation sites is 1. The van der Waals surface area contributed by atoms with Crippen molar-refractivity contribution in [2.75, 3.05) is 39.2 Å². The smallest absolute Gasteiger partial charge is 0.270 e. The van der Waals surface area contributed by atoms with E-state index in [-0.39, 0.29) is 11.6 Å². The molecule has 26 heavy (non-hydrogen) atoms. The highest BCUT2D eigenvalue weighted by Crippen LogP contribution is 2.25. The fourth-order valence-electron chi connectivity index (χ4n) is 2.52. The summed E-state index contributed by atoms with van der Waals surface area (Å²) in [6, 6.07) is 12.0. The van der Waals surface area contributed by atoms with Crippen molar-refractivity contribution < 1.29 is 14.5 Å². The van der Waals surface area contributed by atoms with E-state index in [1.807, 2.05) is 31.2 Å². The first-order valence-electron chi connectivity index (χ1n) is 8.21. The number of amides is 1. The van der Waals surface area contributed by atoms with Crippen molar-refractivity contribution in [2.24, 2.45) is 0 Å². The molecule has 0 spiro atoms. The molecule has 138 valence electrons. The monoisotopic (exact) mass is 357 g/mol. The Hall–Kier alpha value is -3.09. The number of rotatable bonds is 7. The maximum absolute atomic E-state index is 12.8. The van der Waals surface area contributed by atoms with E-state index >= 15 is 0 Å². The number of nitro benzene ring substituents is 1. The number of ether oxygens (including phenoxy) is 1. The Morgan fingerprint density at radius 3 is 2.46 bits per heavy atom. The minimum absolute atomic E-state index is 0.108. The average Bonchev–Trinajstić information content (AvgIpc) is 2.61. The van der Waals surface area contributed by atoms with Gasteiger partial charge in [0.1, 0.15) is 12.4 Å². The molecule has 0 radical (unpaired) electrons. The minimum Gasteiger partial charge on any atom is -0.491 e. The summed E-state index contributed by atoms with van der Waals surface area (Å²) < 4.78 is 5.72. The summed E-state index contributed by atoms with van der Waals surface area (Å²) >= 11 is 0. The number of aryl methyl sites for hydroxylation is 1. The van der Waals surface area contributed by atoms with Crippen LogP contribution in [0.25, 0.3) is 0 Å². The Labute approximate surface area is 152 Å². The third kappa shape index (κ3) is 4.50. The SMILES string of the molecule is Cc1ccccc1OCCN(C)C(=O)c1cc([N+](=O)[O-])ccc1N(C)C. The van der Waals surface area contributed by atoms with Crippen molar-refractivity contribution in [1.82, 2.24) is 4.90 Å². The molecule has 7 nitrogen and oxygen atoms in total. The molecule has 0 aliphatic rings. The predicted molar refractivity (Wildman–Crippen MR) is 101 cm³/mol. The molecule has 0 atom stereocenters. The normalized spacial score (nSPS) is 10.3. The van der Waals surface area contributed by atoms with Gasteiger partial charge in [0.15, 0.2) is 0 Å². The lowest BCUT2D eigenvalue weighted by Crippen LogP contribution is -2.32. The van der Waals surface area contributed by atoms with Crippen molar-refractivity contribution >= 4 is 17.3 Å². The maximum atomic E-state index is 12.8. The van der Waals surface area contributed by atoms with E-state index in [1.165, 1.54) is 17.0 Å². The molecule has 0 aliphatic heterocycles. The second kappa shape index (κ2) is 8.33. The van der Waals surface area contributed by atoms with E-state index in [0.29, 0.717) is 24.4 Å². The number of hydrogen-bond acceptors (Lipinski definition) is 5. The molecule has 0 aliphatic carbocycles. The largest absolute Gasteiger partial charge is 0.491 e. The van der Waals surface area contributed by atoms with Crippen molar-refractivity contribution in [2.45, 2.75) is 6.92 Å². The van der Waals surface area contributed by atoms with Crippen LogP contribution in [-0.2, 0) is 0 Å². The summed E-state index contributed by atoms with van der Waals surface area (Å²) in [5, 5.41) is 11.0. The first-order chi connectivity index (χ1) is 12.3. The Balaban J connectivity index is 2.10. The van der Waals surface area contributed by atoms with Crippen LogP contribution >= 0.6 is 0 Å². The maximum Gasteiger partial charge on any atom is 0.270 e. The zero-order valence-electron chi connectivity index (χ0n) is 15.4. The van der Waals surface area contributed by atoms with E-state index in [1.54, 1.807) is 32.1 Å². The highest BCUT2D eigenvalue weighted by Gasteiger charge is 2.20. The summed E-state index contributed by atoms with van der Waals surface area (Å²) in [4.78, 5) is 26.6. The van der Waals surface area contributed by atoms with Gasteiger partial charge in [0.2, 0.25) is 0 Å². The van der Waals surface area contributed by atoms with Gasteiger partial charge in [-0.3, -0.25) is 14.9 Å². The topological polar surface area (TPSA) is 75.9 Å². The number of nitrogens with zero attached hydrogens (tertiary/aromatic N) is 3. The number of hydrogen-bond donors (Lipinski definition) is 0. The van der Waals surface area contributed by atoms with Gasteiger partial charge < -0.3 is 14.5 Å². The van der Waals surface area contributed by atoms with Gasteiger partial charge in [-0.1, -0.05) is 18.2 Å². The molecule has 0 bridgehead atoms. The van der Waals surface area contributed by atoms with E-state index in [2.05, 4.69) is 0 Å². The van der Waals surface area contributed by atoms with Crippen LogP contribution in [0, 0.1) is 17.0 Å². The molecule has 0 heterocycles. The highest BCUT2D eigenvalue weighted by molar-refractivity contribution is 6.00. The molecule has 2 rings (SSSR count). The van der Waals surface area contributed by atoms with Crippen LogP contribution in [0.4, 0.5) is 11.4 Å². The van der Waals surface area contributed by atoms with Crippen LogP contribution in [0.15, 0.2) is 42.5 Å². The van der Waals surface area contributed by atoms with Gasteiger partial charge in [-0.05, 0) is 24.6 Å². The summed E-state index contributed by atoms with van der Waals surface area (Å²) in [7, 11) is 5.24. The third-order valence-electron chi connectivity index (χ3n) is 4.03. The van der Waals surface area contributed by atoms with Gasteiger partial charge in [-0.15, -0.1) is 0 Å². The fourth-order valence-corrected chi connectivity index (χ4v) is 2.52. The zero-order chi connectivity index (χ0) is 19.3. The summed E-state index contributed by atoms with van der Waals surface area (Å²) in [6.07, 6.45) is 0. The zero-order valence-corrected chi connectivity index (χ0v) is 15.4. The molecule has 0 saturated heterocycles. The van der Waals surface area contributed by atoms with E-state index in [4.69, 9.17) is 4.74 Å². The van der Waals surface area contributed by atoms with Gasteiger partial charge in [0, 0.05) is 39.0 Å². The van der Waals surface area contributed by atoms with Crippen LogP contribution in [0.1, 0.15) is 15.9 Å². The molecular formula is C19H23N3O4. The fraction of sp³-hybridized carbons (Fsp3) is 0.316. The van der Waals surface area contributed by atoms with Crippen LogP contribution < -0.4 is 9.64 Å². The Kier molecular flexibility index (Phi) is 6.16. The minimum atomic E-state index is -0.502. The standard InChI is InChI=1S/C19H23N3O4/c1-14-7-5-6-8-18(14)26-12-11-21(4)19(23)16-13-15(22(24)25)9-10-17(16)20(2)3/h5-10,13H,11-12H2,1-4H3. The summed E-state index contributed by atoms with van der Waals surface area (Å²) in [5.74, 6) is 0.489. The lowest BCUT2D eigenvalue weighted by molar-refractivity contribution is -0.384. The molecule has 2 aromatic carbocycles. The van der Waals surface area contributed by atoms with Crippen LogP contribution in [0.2, 0.25) is 0 Å². The number of likely N-dealkylation sites (N-methyl/N-ethyl adjacent to an activating group) is 1. The molecule has 0 fully saturated rings. The summed E-state index contributed by atoms with van der Waals surface area (Å²) in [6.45, 7) is 2.65. The number of nitro groups is 1. The molecule has 0 N–H and O–H groups in total. The molecular weight excluding hydrogens is 334 g/mol. The van der Waals surface area contributed by atoms with Crippen molar-refractivity contribution in [3.8, 4) is 5.75 Å². The average molecular weight is 357 g/mol. The Morgan fingerprint density at radius 2 is 1.85 bits per heavy atom. The third-order valence-corrected chi connectivity index (χ3v) is 4.03. The van der Waals surface area contributed by atoms with Gasteiger partial charge >= 0.3 is 0 Å². The second-order valence-electron chi connectivity index (χ2n) is 6.19. The van der Waals surface area contributed by atoms with E-state index in [9.17, 15) is 14.9 Å². The van der Waals surface area contributed by atoms with Gasteiger partial charge in [0.25, 0.3) is 11.6 Å². The van der Waals surface area contributed by atoms with Gasteiger partial charge in [0.05, 0.1) is 17.0 Å². The quantitative estimate of drug-likeness (QED) is 0.562.